The number of carbonyl (C=O) groups excluding carboxylic acids is 2. The van der Waals surface area contributed by atoms with Gasteiger partial charge < -0.3 is 9.47 Å². The van der Waals surface area contributed by atoms with Crippen LogP contribution in [0.2, 0.25) is 0 Å². The number of amides is 1. The van der Waals surface area contributed by atoms with Gasteiger partial charge in [0.2, 0.25) is 0 Å². The molecule has 0 aliphatic carbocycles. The second-order valence-electron chi connectivity index (χ2n) is 8.43. The zero-order valence-electron chi connectivity index (χ0n) is 18.9. The average Bonchev–Trinajstić information content (AvgIpc) is 2.67. The highest BCUT2D eigenvalue weighted by Crippen LogP contribution is 2.35. The van der Waals surface area contributed by atoms with E-state index in [0.717, 1.165) is 5.56 Å². The molecule has 32 heavy (non-hydrogen) atoms. The highest BCUT2D eigenvalue weighted by molar-refractivity contribution is 9.10. The number of benzene rings is 1. The van der Waals surface area contributed by atoms with E-state index in [1.807, 2.05) is 0 Å². The maximum Gasteiger partial charge on any atom is 0.415 e. The van der Waals surface area contributed by atoms with Gasteiger partial charge in [0.05, 0.1) is 11.8 Å². The molecule has 172 valence electrons. The third kappa shape index (κ3) is 6.88. The Morgan fingerprint density at radius 3 is 2.41 bits per heavy atom. The Morgan fingerprint density at radius 1 is 1.25 bits per heavy atom. The summed E-state index contributed by atoms with van der Waals surface area (Å²) in [6.45, 7) is 12.5. The minimum Gasteiger partial charge on any atom is -0.458 e. The van der Waals surface area contributed by atoms with Crippen molar-refractivity contribution in [1.29, 1.82) is 0 Å². The number of pyridine rings is 1. The Morgan fingerprint density at radius 2 is 1.88 bits per heavy atom. The third-order valence-corrected chi connectivity index (χ3v) is 4.99. The largest absolute Gasteiger partial charge is 0.458 e. The molecule has 6 nitrogen and oxygen atoms in total. The Kier molecular flexibility index (Phi) is 8.55. The molecule has 0 bridgehead atoms. The zero-order valence-corrected chi connectivity index (χ0v) is 20.5. The lowest BCUT2D eigenvalue weighted by molar-refractivity contribution is 0.0371. The molecule has 1 aromatic carbocycles. The monoisotopic (exact) mass is 506 g/mol. The van der Waals surface area contributed by atoms with Crippen molar-refractivity contribution in [2.24, 2.45) is 0 Å². The minimum atomic E-state index is -0.749. The summed E-state index contributed by atoms with van der Waals surface area (Å²) in [6, 6.07) is 6.07. The van der Waals surface area contributed by atoms with Gasteiger partial charge in [0.1, 0.15) is 11.4 Å². The number of hydrogen-bond donors (Lipinski definition) is 0. The lowest BCUT2D eigenvalue weighted by Crippen LogP contribution is -2.38. The van der Waals surface area contributed by atoms with Gasteiger partial charge in [-0.05, 0) is 73.8 Å². The zero-order chi connectivity index (χ0) is 24.1. The predicted octanol–water partition coefficient (Wildman–Crippen LogP) is 6.07. The number of rotatable bonds is 7. The van der Waals surface area contributed by atoms with Crippen LogP contribution in [0.25, 0.3) is 0 Å². The van der Waals surface area contributed by atoms with E-state index in [1.165, 1.54) is 29.3 Å². The Hall–Kier alpha value is -2.74. The van der Waals surface area contributed by atoms with Crippen LogP contribution < -0.4 is 4.90 Å². The molecule has 0 fully saturated rings. The lowest BCUT2D eigenvalue weighted by atomic mass is 10.0. The van der Waals surface area contributed by atoms with Crippen LogP contribution in [0.5, 0.6) is 0 Å². The summed E-state index contributed by atoms with van der Waals surface area (Å²) in [5.41, 5.74) is 0.988. The van der Waals surface area contributed by atoms with Crippen molar-refractivity contribution < 1.29 is 23.5 Å². The summed E-state index contributed by atoms with van der Waals surface area (Å²) in [5, 5.41) is 0. The molecule has 2 rings (SSSR count). The molecule has 0 aliphatic rings. The van der Waals surface area contributed by atoms with Crippen LogP contribution >= 0.6 is 15.9 Å². The van der Waals surface area contributed by atoms with E-state index < -0.39 is 17.7 Å². The molecule has 0 radical (unpaired) electrons. The summed E-state index contributed by atoms with van der Waals surface area (Å²) in [6.07, 6.45) is 2.44. The number of ether oxygens (including phenoxy) is 2. The Labute approximate surface area is 196 Å². The first-order chi connectivity index (χ1) is 14.9. The number of aromatic nitrogens is 1. The van der Waals surface area contributed by atoms with Crippen LogP contribution in [0, 0.1) is 5.82 Å². The molecule has 0 N–H and O–H groups in total. The van der Waals surface area contributed by atoms with Crippen molar-refractivity contribution >= 4 is 33.7 Å². The van der Waals surface area contributed by atoms with E-state index in [4.69, 9.17) is 9.47 Å². The SMILES string of the molecule is C=CCN(C(=O)OC(C)(C)C)c1c(C(=O)OC(C)C)ncc(Cc2ccc(F)cc2)c1Br. The van der Waals surface area contributed by atoms with Crippen molar-refractivity contribution in [3.05, 3.63) is 70.2 Å². The highest BCUT2D eigenvalue weighted by atomic mass is 79.9. The minimum absolute atomic E-state index is 0.0267. The summed E-state index contributed by atoms with van der Waals surface area (Å²) in [5.74, 6) is -0.998. The number of nitrogens with zero attached hydrogens (tertiary/aromatic N) is 2. The molecule has 2 aromatic rings. The van der Waals surface area contributed by atoms with Crippen LogP contribution in [0.4, 0.5) is 14.9 Å². The summed E-state index contributed by atoms with van der Waals surface area (Å²) in [4.78, 5) is 31.4. The van der Waals surface area contributed by atoms with Gasteiger partial charge in [0, 0.05) is 23.6 Å². The molecule has 0 atom stereocenters. The van der Waals surface area contributed by atoms with Gasteiger partial charge in [-0.1, -0.05) is 18.2 Å². The topological polar surface area (TPSA) is 68.7 Å². The van der Waals surface area contributed by atoms with E-state index >= 15 is 0 Å². The Balaban J connectivity index is 2.61. The quantitative estimate of drug-likeness (QED) is 0.336. The molecule has 0 aliphatic heterocycles. The van der Waals surface area contributed by atoms with Gasteiger partial charge in [-0.3, -0.25) is 4.90 Å². The van der Waals surface area contributed by atoms with E-state index in [0.29, 0.717) is 16.5 Å². The first-order valence-electron chi connectivity index (χ1n) is 10.2. The molecule has 8 heteroatoms. The molecule has 0 spiro atoms. The van der Waals surface area contributed by atoms with Gasteiger partial charge in [0.25, 0.3) is 0 Å². The number of halogens is 2. The molecule has 0 saturated heterocycles. The molecule has 0 saturated carbocycles. The van der Waals surface area contributed by atoms with E-state index in [1.54, 1.807) is 46.8 Å². The van der Waals surface area contributed by atoms with E-state index in [2.05, 4.69) is 27.5 Å². The number of esters is 1. The number of carbonyl (C=O) groups is 2. The van der Waals surface area contributed by atoms with Crippen LogP contribution in [0.15, 0.2) is 47.6 Å². The van der Waals surface area contributed by atoms with Crippen LogP contribution in [0.1, 0.15) is 56.2 Å². The van der Waals surface area contributed by atoms with Crippen LogP contribution in [-0.4, -0.2) is 35.3 Å². The second kappa shape index (κ2) is 10.7. The lowest BCUT2D eigenvalue weighted by Gasteiger charge is -2.28. The number of hydrogen-bond acceptors (Lipinski definition) is 5. The van der Waals surface area contributed by atoms with Crippen molar-refractivity contribution in [1.82, 2.24) is 4.98 Å². The molecular formula is C24H28BrFN2O4. The van der Waals surface area contributed by atoms with Crippen molar-refractivity contribution in [2.45, 2.75) is 52.7 Å². The average molecular weight is 507 g/mol. The van der Waals surface area contributed by atoms with Gasteiger partial charge in [-0.2, -0.15) is 0 Å². The standard InChI is InChI=1S/C24H28BrFN2O4/c1-7-12-28(23(30)32-24(4,5)6)21-19(25)17(13-16-8-10-18(26)11-9-16)14-27-20(21)22(29)31-15(2)3/h7-11,14-15H,1,12-13H2,2-6H3. The fourth-order valence-electron chi connectivity index (χ4n) is 2.83. The summed E-state index contributed by atoms with van der Waals surface area (Å²) >= 11 is 3.55. The Bertz CT molecular complexity index is 985. The first-order valence-corrected chi connectivity index (χ1v) is 11.0. The molecule has 0 unspecified atom stereocenters. The summed E-state index contributed by atoms with van der Waals surface area (Å²) in [7, 11) is 0. The fourth-order valence-corrected chi connectivity index (χ4v) is 3.47. The van der Waals surface area contributed by atoms with Crippen molar-refractivity contribution in [3.8, 4) is 0 Å². The highest BCUT2D eigenvalue weighted by Gasteiger charge is 2.31. The first kappa shape index (κ1) is 25.5. The second-order valence-corrected chi connectivity index (χ2v) is 9.22. The van der Waals surface area contributed by atoms with Gasteiger partial charge in [-0.15, -0.1) is 6.58 Å². The normalized spacial score (nSPS) is 11.2. The van der Waals surface area contributed by atoms with Gasteiger partial charge in [0.15, 0.2) is 5.69 Å². The fraction of sp³-hybridized carbons (Fsp3) is 0.375. The molecule has 1 heterocycles. The van der Waals surface area contributed by atoms with Crippen molar-refractivity contribution in [2.75, 3.05) is 11.4 Å². The summed E-state index contributed by atoms with van der Waals surface area (Å²) < 4.78 is 24.7. The number of anilines is 1. The molecule has 1 aromatic heterocycles. The van der Waals surface area contributed by atoms with Gasteiger partial charge in [-0.25, -0.2) is 19.0 Å². The predicted molar refractivity (Wildman–Crippen MR) is 125 cm³/mol. The van der Waals surface area contributed by atoms with Crippen LogP contribution in [0.3, 0.4) is 0 Å². The van der Waals surface area contributed by atoms with E-state index in [9.17, 15) is 14.0 Å². The maximum absolute atomic E-state index is 13.3. The van der Waals surface area contributed by atoms with Crippen molar-refractivity contribution in [3.63, 3.8) is 0 Å². The molecule has 1 amide bonds. The van der Waals surface area contributed by atoms with Crippen LogP contribution in [-0.2, 0) is 15.9 Å². The third-order valence-electron chi connectivity index (χ3n) is 4.10. The van der Waals surface area contributed by atoms with Gasteiger partial charge >= 0.3 is 12.1 Å². The smallest absolute Gasteiger partial charge is 0.415 e. The molecular weight excluding hydrogens is 479 g/mol. The maximum atomic E-state index is 13.3. The van der Waals surface area contributed by atoms with E-state index in [-0.39, 0.29) is 29.8 Å².